The molecule has 1 aromatic heterocycles. The van der Waals surface area contributed by atoms with E-state index in [0.29, 0.717) is 22.9 Å². The van der Waals surface area contributed by atoms with E-state index in [2.05, 4.69) is 15.2 Å². The standard InChI is InChI=1S/C18H20N4O2/c1-12-10-11-15(17(19)20-12)22-21-14-8-4-5-9-16(14)24-18(23)13-6-2-3-7-13/h4-5,8-11,13H,2-3,6-7H2,1H3,(H2,19,20)/b22-21+. The van der Waals surface area contributed by atoms with E-state index in [4.69, 9.17) is 10.5 Å². The highest BCUT2D eigenvalue weighted by Crippen LogP contribution is 2.32. The van der Waals surface area contributed by atoms with Gasteiger partial charge in [0.05, 0.1) is 5.92 Å². The summed E-state index contributed by atoms with van der Waals surface area (Å²) in [7, 11) is 0. The molecule has 6 nitrogen and oxygen atoms in total. The Hall–Kier alpha value is -2.76. The summed E-state index contributed by atoms with van der Waals surface area (Å²) >= 11 is 0. The number of hydrogen-bond acceptors (Lipinski definition) is 6. The van der Waals surface area contributed by atoms with Crippen molar-refractivity contribution in [3.8, 4) is 5.75 Å². The number of anilines is 1. The first-order valence-corrected chi connectivity index (χ1v) is 8.09. The van der Waals surface area contributed by atoms with E-state index in [1.54, 1.807) is 24.3 Å². The van der Waals surface area contributed by atoms with Gasteiger partial charge in [0.25, 0.3) is 0 Å². The Morgan fingerprint density at radius 2 is 1.83 bits per heavy atom. The van der Waals surface area contributed by atoms with Gasteiger partial charge in [0, 0.05) is 5.69 Å². The monoisotopic (exact) mass is 324 g/mol. The zero-order chi connectivity index (χ0) is 16.9. The van der Waals surface area contributed by atoms with Gasteiger partial charge in [-0.3, -0.25) is 4.79 Å². The number of nitrogen functional groups attached to an aromatic ring is 1. The number of esters is 1. The zero-order valence-electron chi connectivity index (χ0n) is 13.6. The summed E-state index contributed by atoms with van der Waals surface area (Å²) in [6, 6.07) is 10.7. The van der Waals surface area contributed by atoms with Gasteiger partial charge in [-0.15, -0.1) is 10.2 Å². The van der Waals surface area contributed by atoms with E-state index in [0.717, 1.165) is 31.4 Å². The molecule has 0 radical (unpaired) electrons. The lowest BCUT2D eigenvalue weighted by Crippen LogP contribution is -2.17. The van der Waals surface area contributed by atoms with E-state index < -0.39 is 0 Å². The minimum atomic E-state index is -0.188. The second kappa shape index (κ2) is 7.21. The van der Waals surface area contributed by atoms with Crippen LogP contribution in [0.2, 0.25) is 0 Å². The first-order valence-electron chi connectivity index (χ1n) is 8.09. The van der Waals surface area contributed by atoms with Crippen LogP contribution < -0.4 is 10.5 Å². The Bertz CT molecular complexity index is 767. The van der Waals surface area contributed by atoms with Gasteiger partial charge in [-0.25, -0.2) is 4.98 Å². The predicted octanol–water partition coefficient (Wildman–Crippen LogP) is 4.48. The quantitative estimate of drug-likeness (QED) is 0.510. The van der Waals surface area contributed by atoms with Gasteiger partial charge >= 0.3 is 5.97 Å². The van der Waals surface area contributed by atoms with E-state index in [9.17, 15) is 4.79 Å². The van der Waals surface area contributed by atoms with Gasteiger partial charge in [0.1, 0.15) is 11.4 Å². The van der Waals surface area contributed by atoms with Crippen LogP contribution in [0.1, 0.15) is 31.4 Å². The number of carbonyl (C=O) groups excluding carboxylic acids is 1. The summed E-state index contributed by atoms with van der Waals surface area (Å²) < 4.78 is 5.53. The average Bonchev–Trinajstić information content (AvgIpc) is 3.10. The Labute approximate surface area is 140 Å². The van der Waals surface area contributed by atoms with Crippen LogP contribution in [0.4, 0.5) is 17.2 Å². The summed E-state index contributed by atoms with van der Waals surface area (Å²) in [6.45, 7) is 1.86. The van der Waals surface area contributed by atoms with Gasteiger partial charge in [0.15, 0.2) is 11.6 Å². The van der Waals surface area contributed by atoms with Crippen molar-refractivity contribution in [2.45, 2.75) is 32.6 Å². The first kappa shape index (κ1) is 16.1. The van der Waals surface area contributed by atoms with Crippen molar-refractivity contribution in [3.05, 3.63) is 42.1 Å². The van der Waals surface area contributed by atoms with Crippen molar-refractivity contribution in [1.29, 1.82) is 0 Å². The third kappa shape index (κ3) is 3.76. The molecule has 0 bridgehead atoms. The maximum absolute atomic E-state index is 12.2. The van der Waals surface area contributed by atoms with Crippen LogP contribution in [-0.2, 0) is 4.79 Å². The summed E-state index contributed by atoms with van der Waals surface area (Å²) in [5, 5.41) is 8.30. The molecule has 1 fully saturated rings. The summed E-state index contributed by atoms with van der Waals surface area (Å²) in [5.74, 6) is 0.537. The molecule has 3 rings (SSSR count). The SMILES string of the molecule is Cc1ccc(/N=N/c2ccccc2OC(=O)C2CCCC2)c(N)n1. The van der Waals surface area contributed by atoms with Crippen molar-refractivity contribution in [2.24, 2.45) is 16.1 Å². The lowest BCUT2D eigenvalue weighted by molar-refractivity contribution is -0.138. The molecule has 1 aliphatic carbocycles. The average molecular weight is 324 g/mol. The van der Waals surface area contributed by atoms with E-state index >= 15 is 0 Å². The van der Waals surface area contributed by atoms with Crippen molar-refractivity contribution in [1.82, 2.24) is 4.98 Å². The number of azo groups is 1. The number of nitrogens with two attached hydrogens (primary N) is 1. The van der Waals surface area contributed by atoms with Crippen LogP contribution in [0.25, 0.3) is 0 Å². The molecule has 124 valence electrons. The third-order valence-electron chi connectivity index (χ3n) is 4.07. The van der Waals surface area contributed by atoms with E-state index in [1.807, 2.05) is 19.1 Å². The second-order valence-corrected chi connectivity index (χ2v) is 5.93. The topological polar surface area (TPSA) is 89.9 Å². The predicted molar refractivity (Wildman–Crippen MR) is 91.6 cm³/mol. The van der Waals surface area contributed by atoms with Gasteiger partial charge in [-0.05, 0) is 44.0 Å². The van der Waals surface area contributed by atoms with Crippen molar-refractivity contribution < 1.29 is 9.53 Å². The second-order valence-electron chi connectivity index (χ2n) is 5.93. The number of aryl methyl sites for hydroxylation is 1. The zero-order valence-corrected chi connectivity index (χ0v) is 13.6. The number of carbonyl (C=O) groups is 1. The highest BCUT2D eigenvalue weighted by atomic mass is 16.5. The fourth-order valence-corrected chi connectivity index (χ4v) is 2.74. The Morgan fingerprint density at radius 3 is 2.58 bits per heavy atom. The van der Waals surface area contributed by atoms with E-state index in [-0.39, 0.29) is 11.9 Å². The van der Waals surface area contributed by atoms with Gasteiger partial charge < -0.3 is 10.5 Å². The Kier molecular flexibility index (Phi) is 4.84. The normalized spacial score (nSPS) is 15.0. The molecule has 2 aromatic rings. The van der Waals surface area contributed by atoms with Gasteiger partial charge in [-0.2, -0.15) is 0 Å². The smallest absolute Gasteiger partial charge is 0.314 e. The van der Waals surface area contributed by atoms with Crippen LogP contribution in [0.15, 0.2) is 46.6 Å². The van der Waals surface area contributed by atoms with Crippen molar-refractivity contribution >= 4 is 23.2 Å². The number of ether oxygens (including phenoxy) is 1. The molecule has 24 heavy (non-hydrogen) atoms. The largest absolute Gasteiger partial charge is 0.424 e. The fourth-order valence-electron chi connectivity index (χ4n) is 2.74. The maximum Gasteiger partial charge on any atom is 0.314 e. The summed E-state index contributed by atoms with van der Waals surface area (Å²) in [5.41, 5.74) is 7.63. The van der Waals surface area contributed by atoms with Gasteiger partial charge in [-0.1, -0.05) is 25.0 Å². The lowest BCUT2D eigenvalue weighted by Gasteiger charge is -2.10. The minimum Gasteiger partial charge on any atom is -0.424 e. The molecule has 0 atom stereocenters. The fraction of sp³-hybridized carbons (Fsp3) is 0.333. The number of pyridine rings is 1. The van der Waals surface area contributed by atoms with Crippen LogP contribution in [0.3, 0.4) is 0 Å². The molecule has 2 N–H and O–H groups in total. The number of nitrogens with zero attached hydrogens (tertiary/aromatic N) is 3. The molecule has 0 unspecified atom stereocenters. The van der Waals surface area contributed by atoms with Crippen LogP contribution in [-0.4, -0.2) is 11.0 Å². The highest BCUT2D eigenvalue weighted by Gasteiger charge is 2.25. The molecule has 1 aliphatic rings. The molecule has 0 aliphatic heterocycles. The molecule has 0 spiro atoms. The Morgan fingerprint density at radius 1 is 1.12 bits per heavy atom. The number of para-hydroxylation sites is 1. The lowest BCUT2D eigenvalue weighted by atomic mass is 10.1. The molecular weight excluding hydrogens is 304 g/mol. The minimum absolute atomic E-state index is 0.00746. The van der Waals surface area contributed by atoms with E-state index in [1.165, 1.54) is 0 Å². The Balaban J connectivity index is 1.78. The van der Waals surface area contributed by atoms with Gasteiger partial charge in [0.2, 0.25) is 0 Å². The van der Waals surface area contributed by atoms with Crippen molar-refractivity contribution in [3.63, 3.8) is 0 Å². The number of rotatable bonds is 4. The summed E-state index contributed by atoms with van der Waals surface area (Å²) in [6.07, 6.45) is 3.96. The summed E-state index contributed by atoms with van der Waals surface area (Å²) in [4.78, 5) is 16.4. The van der Waals surface area contributed by atoms with Crippen LogP contribution in [0.5, 0.6) is 5.75 Å². The molecule has 0 amide bonds. The number of hydrogen-bond donors (Lipinski definition) is 1. The molecule has 1 aromatic carbocycles. The molecule has 0 saturated heterocycles. The third-order valence-corrected chi connectivity index (χ3v) is 4.07. The molecule has 1 saturated carbocycles. The van der Waals surface area contributed by atoms with Crippen molar-refractivity contribution in [2.75, 3.05) is 5.73 Å². The molecular formula is C18H20N4O2. The van der Waals surface area contributed by atoms with Crippen LogP contribution in [0, 0.1) is 12.8 Å². The number of benzene rings is 1. The molecule has 6 heteroatoms. The maximum atomic E-state index is 12.2. The van der Waals surface area contributed by atoms with Crippen LogP contribution >= 0.6 is 0 Å². The number of aromatic nitrogens is 1. The first-order chi connectivity index (χ1) is 11.6. The molecule has 1 heterocycles. The highest BCUT2D eigenvalue weighted by molar-refractivity contribution is 5.77.